The smallest absolute Gasteiger partial charge is 0.416 e. The molecule has 0 unspecified atom stereocenters. The maximum Gasteiger partial charge on any atom is 0.416 e. The molecule has 0 N–H and O–H groups in total. The van der Waals surface area contributed by atoms with Crippen molar-refractivity contribution >= 4 is 12.0 Å². The third kappa shape index (κ3) is 5.72. The molecule has 0 spiro atoms. The van der Waals surface area contributed by atoms with Crippen molar-refractivity contribution in [2.45, 2.75) is 32.5 Å². The first kappa shape index (κ1) is 18.7. The Morgan fingerprint density at radius 3 is 2.35 bits per heavy atom. The highest BCUT2D eigenvalue weighted by atomic mass is 19.4. The van der Waals surface area contributed by atoms with Gasteiger partial charge in [0.1, 0.15) is 0 Å². The quantitative estimate of drug-likeness (QED) is 0.345. The Hall–Kier alpha value is -2.38. The third-order valence-corrected chi connectivity index (χ3v) is 2.99. The monoisotopic (exact) mass is 331 g/mol. The van der Waals surface area contributed by atoms with E-state index in [9.17, 15) is 28.1 Å². The van der Waals surface area contributed by atoms with Gasteiger partial charge in [-0.15, -0.1) is 0 Å². The number of nitrogens with zero attached hydrogens (tertiary/aromatic N) is 1. The number of hydrogen-bond donors (Lipinski definition) is 0. The number of nitro groups is 1. The van der Waals surface area contributed by atoms with E-state index in [1.807, 2.05) is 0 Å². The summed E-state index contributed by atoms with van der Waals surface area (Å²) in [5.74, 6) is -0.721. The fraction of sp³-hybridized carbons (Fsp3) is 0.400. The lowest BCUT2D eigenvalue weighted by Crippen LogP contribution is -2.19. The van der Waals surface area contributed by atoms with E-state index in [4.69, 9.17) is 4.74 Å². The molecule has 0 heterocycles. The van der Waals surface area contributed by atoms with Gasteiger partial charge in [-0.1, -0.05) is 12.1 Å². The summed E-state index contributed by atoms with van der Waals surface area (Å²) in [5.41, 5.74) is -0.446. The third-order valence-electron chi connectivity index (χ3n) is 2.99. The van der Waals surface area contributed by atoms with Gasteiger partial charge >= 0.3 is 12.1 Å². The molecule has 0 bridgehead atoms. The molecule has 0 amide bonds. The number of rotatable bonds is 6. The van der Waals surface area contributed by atoms with Crippen LogP contribution in [0.4, 0.5) is 13.2 Å². The van der Waals surface area contributed by atoms with Crippen LogP contribution in [0.15, 0.2) is 29.8 Å². The van der Waals surface area contributed by atoms with E-state index < -0.39 is 28.7 Å². The Morgan fingerprint density at radius 2 is 1.91 bits per heavy atom. The van der Waals surface area contributed by atoms with Crippen LogP contribution >= 0.6 is 0 Å². The fourth-order valence-corrected chi connectivity index (χ4v) is 1.79. The highest BCUT2D eigenvalue weighted by Gasteiger charge is 2.30. The highest BCUT2D eigenvalue weighted by Crippen LogP contribution is 2.29. The second kappa shape index (κ2) is 7.75. The number of carbonyl (C=O) groups is 1. The standard InChI is InChI=1S/C15H16F3NO4/c1-3-23-14(20)12(8-10(2)19(21)22)9-11-4-6-13(7-5-11)15(16,17)18/h4-7,9-10H,3,8H2,1-2H3/b12-9+/t10-/m0/s1. The van der Waals surface area contributed by atoms with Crippen LogP contribution < -0.4 is 0 Å². The number of hydrogen-bond acceptors (Lipinski definition) is 4. The zero-order valence-corrected chi connectivity index (χ0v) is 12.6. The summed E-state index contributed by atoms with van der Waals surface area (Å²) in [6.45, 7) is 3.01. The molecule has 0 saturated carbocycles. The maximum atomic E-state index is 12.5. The predicted molar refractivity (Wildman–Crippen MR) is 77.1 cm³/mol. The van der Waals surface area contributed by atoms with Crippen molar-refractivity contribution in [3.63, 3.8) is 0 Å². The molecule has 1 aromatic carbocycles. The van der Waals surface area contributed by atoms with E-state index in [2.05, 4.69) is 0 Å². The Bertz CT molecular complexity index is 594. The van der Waals surface area contributed by atoms with Crippen LogP contribution in [0.5, 0.6) is 0 Å². The van der Waals surface area contributed by atoms with Crippen LogP contribution in [0, 0.1) is 10.1 Å². The van der Waals surface area contributed by atoms with Crippen LogP contribution in [-0.4, -0.2) is 23.5 Å². The first-order chi connectivity index (χ1) is 10.6. The molecular weight excluding hydrogens is 315 g/mol. The summed E-state index contributed by atoms with van der Waals surface area (Å²) in [5, 5.41) is 10.7. The van der Waals surface area contributed by atoms with E-state index in [1.165, 1.54) is 25.1 Å². The molecule has 0 saturated heterocycles. The summed E-state index contributed by atoms with van der Waals surface area (Å²) in [6.07, 6.45) is -3.32. The fourth-order valence-electron chi connectivity index (χ4n) is 1.79. The molecule has 8 heteroatoms. The van der Waals surface area contributed by atoms with Gasteiger partial charge in [0.15, 0.2) is 0 Å². The molecule has 5 nitrogen and oxygen atoms in total. The molecule has 23 heavy (non-hydrogen) atoms. The van der Waals surface area contributed by atoms with Gasteiger partial charge in [-0.05, 0) is 30.7 Å². The van der Waals surface area contributed by atoms with Gasteiger partial charge in [0.05, 0.1) is 12.2 Å². The summed E-state index contributed by atoms with van der Waals surface area (Å²) < 4.78 is 42.3. The number of ether oxygens (including phenoxy) is 1. The van der Waals surface area contributed by atoms with Gasteiger partial charge < -0.3 is 4.74 Å². The average Bonchev–Trinajstić information content (AvgIpc) is 2.46. The normalized spacial score (nSPS) is 13.5. The minimum atomic E-state index is -4.45. The molecule has 1 aromatic rings. The summed E-state index contributed by atoms with van der Waals surface area (Å²) in [7, 11) is 0. The topological polar surface area (TPSA) is 69.4 Å². The van der Waals surface area contributed by atoms with Crippen LogP contribution in [0.3, 0.4) is 0 Å². The molecule has 1 rings (SSSR count). The van der Waals surface area contributed by atoms with E-state index in [0.717, 1.165) is 12.1 Å². The number of esters is 1. The van der Waals surface area contributed by atoms with Crippen molar-refractivity contribution in [2.75, 3.05) is 6.61 Å². The number of alkyl halides is 3. The first-order valence-electron chi connectivity index (χ1n) is 6.83. The zero-order chi connectivity index (χ0) is 17.6. The molecule has 0 aliphatic rings. The lowest BCUT2D eigenvalue weighted by Gasteiger charge is -2.09. The summed E-state index contributed by atoms with van der Waals surface area (Å²) in [4.78, 5) is 22.0. The van der Waals surface area contributed by atoms with Crippen LogP contribution in [0.2, 0.25) is 0 Å². The van der Waals surface area contributed by atoms with E-state index in [-0.39, 0.29) is 18.6 Å². The van der Waals surface area contributed by atoms with Crippen LogP contribution in [0.25, 0.3) is 6.08 Å². The maximum absolute atomic E-state index is 12.5. The lowest BCUT2D eigenvalue weighted by atomic mass is 10.0. The van der Waals surface area contributed by atoms with Crippen molar-refractivity contribution in [3.05, 3.63) is 51.1 Å². The molecule has 0 radical (unpaired) electrons. The molecular formula is C15H16F3NO4. The highest BCUT2D eigenvalue weighted by molar-refractivity contribution is 5.93. The Morgan fingerprint density at radius 1 is 1.35 bits per heavy atom. The van der Waals surface area contributed by atoms with Gasteiger partial charge in [0.2, 0.25) is 6.04 Å². The van der Waals surface area contributed by atoms with Crippen molar-refractivity contribution in [2.24, 2.45) is 0 Å². The second-order valence-electron chi connectivity index (χ2n) is 4.85. The summed E-state index contributed by atoms with van der Waals surface area (Å²) in [6, 6.07) is 3.13. The van der Waals surface area contributed by atoms with Gasteiger partial charge in [-0.3, -0.25) is 10.1 Å². The first-order valence-corrected chi connectivity index (χ1v) is 6.83. The van der Waals surface area contributed by atoms with Crippen molar-refractivity contribution < 1.29 is 27.6 Å². The molecule has 0 fully saturated rings. The summed E-state index contributed by atoms with van der Waals surface area (Å²) >= 11 is 0. The van der Waals surface area contributed by atoms with E-state index in [1.54, 1.807) is 6.92 Å². The van der Waals surface area contributed by atoms with Crippen molar-refractivity contribution in [3.8, 4) is 0 Å². The van der Waals surface area contributed by atoms with Crippen molar-refractivity contribution in [1.82, 2.24) is 0 Å². The van der Waals surface area contributed by atoms with Gasteiger partial charge in [-0.2, -0.15) is 13.2 Å². The minimum Gasteiger partial charge on any atom is -0.463 e. The predicted octanol–water partition coefficient (Wildman–Crippen LogP) is 3.71. The molecule has 126 valence electrons. The zero-order valence-electron chi connectivity index (χ0n) is 12.6. The number of halogens is 3. The van der Waals surface area contributed by atoms with Crippen molar-refractivity contribution in [1.29, 1.82) is 0 Å². The molecule has 0 aliphatic heterocycles. The largest absolute Gasteiger partial charge is 0.463 e. The van der Waals surface area contributed by atoms with Gasteiger partial charge in [0, 0.05) is 23.8 Å². The van der Waals surface area contributed by atoms with E-state index >= 15 is 0 Å². The van der Waals surface area contributed by atoms with Gasteiger partial charge in [-0.25, -0.2) is 4.79 Å². The second-order valence-corrected chi connectivity index (χ2v) is 4.85. The van der Waals surface area contributed by atoms with Gasteiger partial charge in [0.25, 0.3) is 0 Å². The SMILES string of the molecule is CCOC(=O)/C(=C/c1ccc(C(F)(F)F)cc1)C[C@H](C)[N+](=O)[O-]. The lowest BCUT2D eigenvalue weighted by molar-refractivity contribution is -0.517. The Balaban J connectivity index is 3.07. The van der Waals surface area contributed by atoms with Crippen LogP contribution in [-0.2, 0) is 15.7 Å². The van der Waals surface area contributed by atoms with Crippen LogP contribution in [0.1, 0.15) is 31.4 Å². The number of carbonyl (C=O) groups excluding carboxylic acids is 1. The number of benzene rings is 1. The van der Waals surface area contributed by atoms with E-state index in [0.29, 0.717) is 5.56 Å². The molecule has 1 atom stereocenters. The minimum absolute atomic E-state index is 0.0378. The Labute approximate surface area is 130 Å². The molecule has 0 aromatic heterocycles. The Kier molecular flexibility index (Phi) is 6.29. The average molecular weight is 331 g/mol. The molecule has 0 aliphatic carbocycles.